The van der Waals surface area contributed by atoms with Gasteiger partial charge in [-0.2, -0.15) is 0 Å². The number of phosphoric acid groups is 1. The summed E-state index contributed by atoms with van der Waals surface area (Å²) < 4.78 is 78.9. The minimum Gasteiger partial charge on any atom is -0.385 e. The second-order valence-corrected chi connectivity index (χ2v) is 14.4. The first-order valence-corrected chi connectivity index (χ1v) is 17.0. The molecule has 6 N–H and O–H groups in total. The molecule has 0 aromatic carbocycles. The predicted octanol–water partition coefficient (Wildman–Crippen LogP) is -0.300. The van der Waals surface area contributed by atoms with Gasteiger partial charge in [0, 0.05) is 6.20 Å². The third kappa shape index (κ3) is 5.11. The summed E-state index contributed by atoms with van der Waals surface area (Å²) in [7, 11) is -5.13. The van der Waals surface area contributed by atoms with Gasteiger partial charge in [0.15, 0.2) is 35.3 Å². The van der Waals surface area contributed by atoms with Crippen LogP contribution in [-0.4, -0.2) is 99.4 Å². The molecular formula is C21H22F2N8O11P2S. The number of nitrogens with zero attached hydrogens (tertiary/aromatic N) is 6. The van der Waals surface area contributed by atoms with Gasteiger partial charge < -0.3 is 39.6 Å². The molecule has 3 fully saturated rings. The lowest BCUT2D eigenvalue weighted by atomic mass is 10.1. The third-order valence-corrected chi connectivity index (χ3v) is 10.1. The van der Waals surface area contributed by atoms with Crippen LogP contribution in [0.5, 0.6) is 0 Å². The van der Waals surface area contributed by atoms with Gasteiger partial charge in [-0.25, -0.2) is 33.3 Å². The summed E-state index contributed by atoms with van der Waals surface area (Å²) in [5, 5.41) is 10.8. The molecule has 45 heavy (non-hydrogen) atoms. The maximum Gasteiger partial charge on any atom is 0.472 e. The molecule has 3 aliphatic heterocycles. The van der Waals surface area contributed by atoms with E-state index in [0.29, 0.717) is 0 Å². The Morgan fingerprint density at radius 2 is 1.93 bits per heavy atom. The Labute approximate surface area is 253 Å². The van der Waals surface area contributed by atoms with E-state index in [1.54, 1.807) is 0 Å². The van der Waals surface area contributed by atoms with Crippen LogP contribution < -0.4 is 11.3 Å². The van der Waals surface area contributed by atoms with E-state index in [2.05, 4.69) is 24.9 Å². The molecule has 0 saturated carbocycles. The smallest absolute Gasteiger partial charge is 0.385 e. The molecule has 19 nitrogen and oxygen atoms in total. The van der Waals surface area contributed by atoms with Crippen molar-refractivity contribution in [2.45, 2.75) is 42.5 Å². The van der Waals surface area contributed by atoms with Crippen LogP contribution in [-0.2, 0) is 49.7 Å². The highest BCUT2D eigenvalue weighted by Crippen LogP contribution is 2.56. The van der Waals surface area contributed by atoms with Crippen molar-refractivity contribution in [2.75, 3.05) is 25.6 Å². The van der Waals surface area contributed by atoms with Gasteiger partial charge in [0.2, 0.25) is 5.72 Å². The van der Waals surface area contributed by atoms with Crippen LogP contribution in [0.2, 0.25) is 0 Å². The number of aliphatic hydroxyl groups is 1. The Morgan fingerprint density at radius 1 is 1.16 bits per heavy atom. The molecule has 0 aliphatic carbocycles. The van der Waals surface area contributed by atoms with Gasteiger partial charge in [0.05, 0.1) is 32.5 Å². The molecule has 7 rings (SSSR count). The van der Waals surface area contributed by atoms with E-state index in [9.17, 15) is 28.6 Å². The van der Waals surface area contributed by atoms with Crippen LogP contribution in [0.4, 0.5) is 14.6 Å². The van der Waals surface area contributed by atoms with Gasteiger partial charge >= 0.3 is 14.5 Å². The van der Waals surface area contributed by atoms with Crippen LogP contribution >= 0.6 is 14.5 Å². The lowest BCUT2D eigenvalue weighted by Crippen LogP contribution is -2.48. The molecule has 2 bridgehead atoms. The molecule has 242 valence electrons. The Balaban J connectivity index is 1.26. The number of halogens is 2. The maximum absolute atomic E-state index is 16.0. The number of nitrogens with two attached hydrogens (primary N) is 1. The van der Waals surface area contributed by atoms with Crippen molar-refractivity contribution in [3.8, 4) is 0 Å². The number of nitrogens with one attached hydrogen (secondary N) is 1. The summed E-state index contributed by atoms with van der Waals surface area (Å²) in [5.74, 6) is -1.06. The average molecular weight is 694 g/mol. The summed E-state index contributed by atoms with van der Waals surface area (Å²) in [6.07, 6.45) is -6.47. The van der Waals surface area contributed by atoms with Crippen molar-refractivity contribution in [3.05, 3.63) is 41.3 Å². The van der Waals surface area contributed by atoms with Crippen LogP contribution in [0.25, 0.3) is 22.2 Å². The van der Waals surface area contributed by atoms with Gasteiger partial charge in [0.1, 0.15) is 41.6 Å². The first kappa shape index (κ1) is 30.8. The molecule has 9 atom stereocenters. The number of anilines is 1. The summed E-state index contributed by atoms with van der Waals surface area (Å²) in [5.41, 5.74) is 2.55. The molecule has 24 heteroatoms. The number of phosphoric ester groups is 1. The molecule has 3 aliphatic rings. The minimum absolute atomic E-state index is 0.00352. The number of hydrogen-bond donors (Lipinski definition) is 5. The van der Waals surface area contributed by atoms with Gasteiger partial charge in [-0.1, -0.05) is 0 Å². The van der Waals surface area contributed by atoms with Crippen molar-refractivity contribution >= 4 is 54.4 Å². The fourth-order valence-electron chi connectivity index (χ4n) is 5.46. The number of alkyl halides is 1. The summed E-state index contributed by atoms with van der Waals surface area (Å²) >= 11 is 5.21. The normalized spacial score (nSPS) is 37.7. The highest BCUT2D eigenvalue weighted by atomic mass is 32.5. The molecule has 4 aromatic rings. The van der Waals surface area contributed by atoms with Crippen molar-refractivity contribution < 1.29 is 55.8 Å². The Morgan fingerprint density at radius 3 is 2.73 bits per heavy atom. The van der Waals surface area contributed by atoms with Gasteiger partial charge in [-0.15, -0.1) is 0 Å². The van der Waals surface area contributed by atoms with E-state index in [-0.39, 0.29) is 22.6 Å². The SMILES string of the molecule is Nc1ncnc2c1ncn2[C@@H]1OC2COP(O)(=S)O[C@]3(n4cc(F)c5c(=O)[nH]cnc54)CO[C@H](COP(=O)(O)O[C@H]2[C@H]1F)[C@H]3O. The van der Waals surface area contributed by atoms with E-state index >= 15 is 4.39 Å². The van der Waals surface area contributed by atoms with E-state index in [4.69, 9.17) is 45.1 Å². The largest absolute Gasteiger partial charge is 0.472 e. The van der Waals surface area contributed by atoms with Gasteiger partial charge in [-0.05, 0) is 11.8 Å². The monoisotopic (exact) mass is 694 g/mol. The topological polar surface area (TPSA) is 253 Å². The number of H-pyrrole nitrogens is 1. The van der Waals surface area contributed by atoms with Crippen molar-refractivity contribution in [1.82, 2.24) is 34.1 Å². The second kappa shape index (κ2) is 10.9. The Kier molecular flexibility index (Phi) is 7.43. The zero-order chi connectivity index (χ0) is 31.9. The van der Waals surface area contributed by atoms with Crippen molar-refractivity contribution in [3.63, 3.8) is 0 Å². The van der Waals surface area contributed by atoms with E-state index in [1.165, 1.54) is 6.33 Å². The number of nitrogen functional groups attached to an aromatic ring is 1. The van der Waals surface area contributed by atoms with Crippen LogP contribution in [0.3, 0.4) is 0 Å². The highest BCUT2D eigenvalue weighted by Gasteiger charge is 2.58. The second-order valence-electron chi connectivity index (χ2n) is 10.2. The lowest BCUT2D eigenvalue weighted by Gasteiger charge is -2.36. The lowest BCUT2D eigenvalue weighted by molar-refractivity contribution is -0.100. The number of fused-ring (bicyclic) bond motifs is 5. The van der Waals surface area contributed by atoms with Crippen LogP contribution in [0.1, 0.15) is 6.23 Å². The number of aromatic amines is 1. The molecule has 0 spiro atoms. The number of rotatable bonds is 2. The fraction of sp³-hybridized carbons (Fsp3) is 0.476. The number of imidazole rings is 1. The van der Waals surface area contributed by atoms with E-state index in [0.717, 1.165) is 28.0 Å². The van der Waals surface area contributed by atoms with Crippen molar-refractivity contribution in [2.24, 2.45) is 0 Å². The van der Waals surface area contributed by atoms with Crippen molar-refractivity contribution in [1.29, 1.82) is 0 Å². The van der Waals surface area contributed by atoms with Crippen LogP contribution in [0.15, 0.2) is 30.0 Å². The molecule has 0 radical (unpaired) electrons. The Hall–Kier alpha value is -2.85. The fourth-order valence-corrected chi connectivity index (χ4v) is 8.03. The molecule has 4 aromatic heterocycles. The van der Waals surface area contributed by atoms with Crippen LogP contribution in [0, 0.1) is 5.82 Å². The first-order valence-electron chi connectivity index (χ1n) is 12.9. The standard InChI is InChI=1S/C21H22F2N8O11P2S/c22-8-1-31(17-11(8)19(33)28-6-26-17)21-4-37-10(15(21)32)3-38-43(34,35)41-14-9(2-39-44(36,45)42-21)40-20(12(14)23)30-7-29-13-16(24)25-5-27-18(13)30/h1,5-7,9-10,12,14-15,20,32H,2-4H2,(H,34,35)(H,36,45)(H2,24,25,27)(H,26,28,33)/t9?,10-,12-,14-,15-,20-,21-,44?/m1/s1. The molecular weight excluding hydrogens is 672 g/mol. The number of ether oxygens (including phenoxy) is 2. The maximum atomic E-state index is 16.0. The third-order valence-electron chi connectivity index (χ3n) is 7.53. The molecule has 3 unspecified atom stereocenters. The number of aliphatic hydroxyl groups excluding tert-OH is 1. The highest BCUT2D eigenvalue weighted by molar-refractivity contribution is 8.07. The zero-order valence-corrected chi connectivity index (χ0v) is 24.9. The number of hydrogen-bond acceptors (Lipinski definition) is 15. The van der Waals surface area contributed by atoms with Gasteiger partial charge in [-0.3, -0.25) is 27.5 Å². The molecule has 3 saturated heterocycles. The number of aromatic nitrogens is 7. The van der Waals surface area contributed by atoms with E-state index in [1.807, 2.05) is 0 Å². The quantitative estimate of drug-likeness (QED) is 0.169. The van der Waals surface area contributed by atoms with Gasteiger partial charge in [0.25, 0.3) is 5.56 Å². The zero-order valence-electron chi connectivity index (χ0n) is 22.3. The minimum atomic E-state index is -5.13. The van der Waals surface area contributed by atoms with E-state index < -0.39 is 93.7 Å². The average Bonchev–Trinajstić information content (AvgIpc) is 3.72. The summed E-state index contributed by atoms with van der Waals surface area (Å²) in [6, 6.07) is 0. The predicted molar refractivity (Wildman–Crippen MR) is 147 cm³/mol. The summed E-state index contributed by atoms with van der Waals surface area (Å²) in [4.78, 5) is 52.2. The summed E-state index contributed by atoms with van der Waals surface area (Å²) in [6.45, 7) is -6.81. The molecule has 0 amide bonds. The molecule has 7 heterocycles. The first-order chi connectivity index (χ1) is 21.3. The Bertz CT molecular complexity index is 1960.